The predicted molar refractivity (Wildman–Crippen MR) is 86.8 cm³/mol. The van der Waals surface area contributed by atoms with E-state index in [0.29, 0.717) is 5.92 Å². The Kier molecular flexibility index (Phi) is 5.37. The number of benzene rings is 2. The van der Waals surface area contributed by atoms with Crippen molar-refractivity contribution in [3.8, 4) is 0 Å². The minimum atomic E-state index is 0.169. The van der Waals surface area contributed by atoms with Crippen LogP contribution >= 0.6 is 0 Å². The highest BCUT2D eigenvalue weighted by molar-refractivity contribution is 5.34. The fraction of sp³-hybridized carbons (Fsp3) is 0.368. The zero-order valence-electron chi connectivity index (χ0n) is 12.5. The van der Waals surface area contributed by atoms with Crippen molar-refractivity contribution in [3.63, 3.8) is 0 Å². The van der Waals surface area contributed by atoms with Crippen molar-refractivity contribution in [2.75, 3.05) is 0 Å². The summed E-state index contributed by atoms with van der Waals surface area (Å²) in [4.78, 5) is 0. The van der Waals surface area contributed by atoms with Crippen LogP contribution < -0.4 is 5.73 Å². The largest absolute Gasteiger partial charge is 0.327 e. The second-order valence-corrected chi connectivity index (χ2v) is 5.93. The maximum atomic E-state index is 6.53. The van der Waals surface area contributed by atoms with E-state index in [9.17, 15) is 0 Å². The summed E-state index contributed by atoms with van der Waals surface area (Å²) >= 11 is 0. The molecule has 0 aromatic heterocycles. The number of hydrogen-bond donors (Lipinski definition) is 1. The molecule has 106 valence electrons. The minimum Gasteiger partial charge on any atom is -0.327 e. The molecule has 0 aliphatic rings. The van der Waals surface area contributed by atoms with Crippen LogP contribution in [0.2, 0.25) is 0 Å². The van der Waals surface area contributed by atoms with Crippen LogP contribution in [0.3, 0.4) is 0 Å². The number of hydrogen-bond acceptors (Lipinski definition) is 1. The van der Waals surface area contributed by atoms with Crippen molar-refractivity contribution >= 4 is 0 Å². The molecule has 1 nitrogen and oxygen atoms in total. The van der Waals surface area contributed by atoms with Crippen molar-refractivity contribution in [2.24, 2.45) is 11.7 Å². The Labute approximate surface area is 122 Å². The molecular weight excluding hydrogens is 242 g/mol. The van der Waals surface area contributed by atoms with E-state index < -0.39 is 0 Å². The third-order valence-electron chi connectivity index (χ3n) is 3.82. The zero-order chi connectivity index (χ0) is 14.4. The number of rotatable bonds is 6. The molecule has 2 N–H and O–H groups in total. The minimum absolute atomic E-state index is 0.169. The average molecular weight is 267 g/mol. The van der Waals surface area contributed by atoms with E-state index in [1.807, 2.05) is 0 Å². The predicted octanol–water partition coefficient (Wildman–Crippen LogP) is 4.58. The molecule has 0 amide bonds. The second-order valence-electron chi connectivity index (χ2n) is 5.93. The fourth-order valence-electron chi connectivity index (χ4n) is 2.70. The van der Waals surface area contributed by atoms with Crippen molar-refractivity contribution in [1.29, 1.82) is 0 Å². The van der Waals surface area contributed by atoms with Crippen molar-refractivity contribution < 1.29 is 0 Å². The quantitative estimate of drug-likeness (QED) is 0.814. The van der Waals surface area contributed by atoms with E-state index in [0.717, 1.165) is 6.42 Å². The Morgan fingerprint density at radius 1 is 0.750 bits per heavy atom. The highest BCUT2D eigenvalue weighted by Crippen LogP contribution is 2.29. The van der Waals surface area contributed by atoms with Crippen LogP contribution in [0, 0.1) is 5.92 Å². The van der Waals surface area contributed by atoms with E-state index in [2.05, 4.69) is 74.5 Å². The van der Waals surface area contributed by atoms with Gasteiger partial charge in [0, 0.05) is 12.0 Å². The van der Waals surface area contributed by atoms with E-state index >= 15 is 0 Å². The molecule has 2 rings (SSSR count). The summed E-state index contributed by atoms with van der Waals surface area (Å²) in [5.74, 6) is 0.990. The Balaban J connectivity index is 2.25. The summed E-state index contributed by atoms with van der Waals surface area (Å²) in [7, 11) is 0. The van der Waals surface area contributed by atoms with Crippen LogP contribution in [0.4, 0.5) is 0 Å². The van der Waals surface area contributed by atoms with Gasteiger partial charge in [-0.3, -0.25) is 0 Å². The van der Waals surface area contributed by atoms with Gasteiger partial charge in [-0.05, 0) is 29.9 Å². The molecule has 20 heavy (non-hydrogen) atoms. The van der Waals surface area contributed by atoms with E-state index in [1.165, 1.54) is 17.5 Å². The van der Waals surface area contributed by atoms with Gasteiger partial charge < -0.3 is 5.73 Å². The Morgan fingerprint density at radius 2 is 1.20 bits per heavy atom. The van der Waals surface area contributed by atoms with Gasteiger partial charge in [-0.15, -0.1) is 0 Å². The van der Waals surface area contributed by atoms with Crippen molar-refractivity contribution in [2.45, 2.75) is 38.6 Å². The van der Waals surface area contributed by atoms with Gasteiger partial charge in [-0.2, -0.15) is 0 Å². The molecule has 1 unspecified atom stereocenters. The summed E-state index contributed by atoms with van der Waals surface area (Å²) < 4.78 is 0. The molecule has 0 aliphatic carbocycles. The lowest BCUT2D eigenvalue weighted by Crippen LogP contribution is -2.29. The average Bonchev–Trinajstić information content (AvgIpc) is 2.48. The van der Waals surface area contributed by atoms with Crippen LogP contribution in [0.5, 0.6) is 0 Å². The van der Waals surface area contributed by atoms with Gasteiger partial charge in [0.2, 0.25) is 0 Å². The van der Waals surface area contributed by atoms with E-state index in [4.69, 9.17) is 5.73 Å². The molecule has 0 radical (unpaired) electrons. The van der Waals surface area contributed by atoms with Gasteiger partial charge in [0.15, 0.2) is 0 Å². The van der Waals surface area contributed by atoms with Crippen LogP contribution in [0.25, 0.3) is 0 Å². The van der Waals surface area contributed by atoms with Gasteiger partial charge >= 0.3 is 0 Å². The smallest absolute Gasteiger partial charge is 0.0241 e. The molecule has 0 spiro atoms. The lowest BCUT2D eigenvalue weighted by atomic mass is 9.83. The first-order valence-corrected chi connectivity index (χ1v) is 7.54. The monoisotopic (exact) mass is 267 g/mol. The van der Waals surface area contributed by atoms with Crippen LogP contribution in [0.1, 0.15) is 43.7 Å². The summed E-state index contributed by atoms with van der Waals surface area (Å²) in [6, 6.07) is 21.4. The molecule has 2 aromatic rings. The normalized spacial score (nSPS) is 12.8. The summed E-state index contributed by atoms with van der Waals surface area (Å²) in [6.45, 7) is 4.51. The van der Waals surface area contributed by atoms with Gasteiger partial charge in [-0.1, -0.05) is 74.5 Å². The van der Waals surface area contributed by atoms with Crippen LogP contribution in [-0.4, -0.2) is 6.04 Å². The first kappa shape index (κ1) is 14.8. The highest BCUT2D eigenvalue weighted by Gasteiger charge is 2.21. The second kappa shape index (κ2) is 7.25. The Morgan fingerprint density at radius 3 is 1.60 bits per heavy atom. The third kappa shape index (κ3) is 3.94. The molecule has 0 aliphatic heterocycles. The molecule has 1 heteroatoms. The standard InChI is InChI=1S/C19H25N/c1-15(2)13-14-18(20)19(16-9-5-3-6-10-16)17-11-7-4-8-12-17/h3-12,15,18-19H,13-14,20H2,1-2H3. The zero-order valence-corrected chi connectivity index (χ0v) is 12.5. The van der Waals surface area contributed by atoms with E-state index in [-0.39, 0.29) is 12.0 Å². The Hall–Kier alpha value is -1.60. The number of nitrogens with two attached hydrogens (primary N) is 1. The maximum Gasteiger partial charge on any atom is 0.0241 e. The summed E-state index contributed by atoms with van der Waals surface area (Å²) in [6.07, 6.45) is 2.24. The Bertz CT molecular complexity index is 450. The first-order chi connectivity index (χ1) is 9.68. The topological polar surface area (TPSA) is 26.0 Å². The van der Waals surface area contributed by atoms with Gasteiger partial charge in [-0.25, -0.2) is 0 Å². The molecule has 0 heterocycles. The van der Waals surface area contributed by atoms with E-state index in [1.54, 1.807) is 0 Å². The highest BCUT2D eigenvalue weighted by atomic mass is 14.6. The first-order valence-electron chi connectivity index (χ1n) is 7.54. The molecule has 1 atom stereocenters. The molecule has 0 saturated carbocycles. The molecule has 2 aromatic carbocycles. The summed E-state index contributed by atoms with van der Waals surface area (Å²) in [5.41, 5.74) is 9.16. The molecular formula is C19H25N. The lowest BCUT2D eigenvalue weighted by molar-refractivity contribution is 0.469. The van der Waals surface area contributed by atoms with Gasteiger partial charge in [0.1, 0.15) is 0 Å². The third-order valence-corrected chi connectivity index (χ3v) is 3.82. The van der Waals surface area contributed by atoms with Crippen molar-refractivity contribution in [3.05, 3.63) is 71.8 Å². The SMILES string of the molecule is CC(C)CCC(N)C(c1ccccc1)c1ccccc1. The fourth-order valence-corrected chi connectivity index (χ4v) is 2.70. The van der Waals surface area contributed by atoms with Crippen LogP contribution in [-0.2, 0) is 0 Å². The van der Waals surface area contributed by atoms with Crippen LogP contribution in [0.15, 0.2) is 60.7 Å². The molecule has 0 bridgehead atoms. The summed E-state index contributed by atoms with van der Waals surface area (Å²) in [5, 5.41) is 0. The lowest BCUT2D eigenvalue weighted by Gasteiger charge is -2.25. The van der Waals surface area contributed by atoms with Gasteiger partial charge in [0.05, 0.1) is 0 Å². The maximum absolute atomic E-state index is 6.53. The van der Waals surface area contributed by atoms with Gasteiger partial charge in [0.25, 0.3) is 0 Å². The molecule has 0 fully saturated rings. The van der Waals surface area contributed by atoms with Crippen molar-refractivity contribution in [1.82, 2.24) is 0 Å². The molecule has 0 saturated heterocycles.